The summed E-state index contributed by atoms with van der Waals surface area (Å²) >= 11 is 7.90. The molecule has 0 saturated heterocycles. The Hall–Kier alpha value is -1.65. The second-order valence-electron chi connectivity index (χ2n) is 4.69. The highest BCUT2D eigenvalue weighted by Crippen LogP contribution is 2.35. The minimum absolute atomic E-state index is 0.682. The van der Waals surface area contributed by atoms with Crippen LogP contribution >= 0.6 is 22.9 Å². The van der Waals surface area contributed by atoms with Gasteiger partial charge in [0.15, 0.2) is 0 Å². The van der Waals surface area contributed by atoms with Gasteiger partial charge in [-0.25, -0.2) is 9.97 Å². The third kappa shape index (κ3) is 2.25. The summed E-state index contributed by atoms with van der Waals surface area (Å²) in [6, 6.07) is 7.67. The maximum absolute atomic E-state index is 6.21. The van der Waals surface area contributed by atoms with E-state index in [1.54, 1.807) is 11.3 Å². The summed E-state index contributed by atoms with van der Waals surface area (Å²) in [4.78, 5) is 11.3. The van der Waals surface area contributed by atoms with Gasteiger partial charge >= 0.3 is 0 Å². The molecule has 0 atom stereocenters. The summed E-state index contributed by atoms with van der Waals surface area (Å²) in [7, 11) is 0. The van der Waals surface area contributed by atoms with Crippen LogP contribution in [0.15, 0.2) is 24.3 Å². The summed E-state index contributed by atoms with van der Waals surface area (Å²) in [6.07, 6.45) is 0. The van der Waals surface area contributed by atoms with Gasteiger partial charge in [-0.1, -0.05) is 23.7 Å². The van der Waals surface area contributed by atoms with Crippen molar-refractivity contribution in [3.05, 3.63) is 45.6 Å². The van der Waals surface area contributed by atoms with Gasteiger partial charge < -0.3 is 5.32 Å². The van der Waals surface area contributed by atoms with E-state index in [4.69, 9.17) is 11.6 Å². The molecule has 0 radical (unpaired) electrons. The number of nitrogens with zero attached hydrogens (tertiary/aromatic N) is 2. The number of aryl methyl sites for hydroxylation is 3. The first-order valence-corrected chi connectivity index (χ1v) is 7.51. The van der Waals surface area contributed by atoms with Crippen molar-refractivity contribution in [1.82, 2.24) is 9.97 Å². The minimum Gasteiger partial charge on any atom is -0.338 e. The van der Waals surface area contributed by atoms with E-state index in [-0.39, 0.29) is 0 Å². The van der Waals surface area contributed by atoms with Crippen molar-refractivity contribution in [1.29, 1.82) is 0 Å². The standard InChI is InChI=1S/C15H14ClN3S/c1-8-9(2)20-15-13(8)14(17-10(3)18-15)19-12-7-5-4-6-11(12)16/h4-7H,1-3H3,(H,17,18,19). The first kappa shape index (κ1) is 13.3. The fourth-order valence-corrected chi connectivity index (χ4v) is 3.39. The molecule has 1 aromatic carbocycles. The number of halogens is 1. The summed E-state index contributed by atoms with van der Waals surface area (Å²) in [6.45, 7) is 6.11. The van der Waals surface area contributed by atoms with Crippen molar-refractivity contribution >= 4 is 44.7 Å². The van der Waals surface area contributed by atoms with Gasteiger partial charge in [0.1, 0.15) is 16.5 Å². The molecule has 20 heavy (non-hydrogen) atoms. The van der Waals surface area contributed by atoms with Crippen molar-refractivity contribution in [3.8, 4) is 0 Å². The summed E-state index contributed by atoms with van der Waals surface area (Å²) in [5.74, 6) is 1.58. The molecule has 0 aliphatic rings. The smallest absolute Gasteiger partial charge is 0.143 e. The molecule has 0 spiro atoms. The van der Waals surface area contributed by atoms with Crippen molar-refractivity contribution in [3.63, 3.8) is 0 Å². The number of nitrogens with one attached hydrogen (secondary N) is 1. The molecule has 3 aromatic rings. The number of benzene rings is 1. The Morgan fingerprint density at radius 3 is 2.60 bits per heavy atom. The second kappa shape index (κ2) is 5.04. The van der Waals surface area contributed by atoms with Gasteiger partial charge in [0, 0.05) is 4.88 Å². The van der Waals surface area contributed by atoms with Gasteiger partial charge in [-0.05, 0) is 38.5 Å². The van der Waals surface area contributed by atoms with E-state index in [0.717, 1.165) is 27.5 Å². The van der Waals surface area contributed by atoms with Crippen LogP contribution in [0.3, 0.4) is 0 Å². The van der Waals surface area contributed by atoms with Crippen LogP contribution in [-0.4, -0.2) is 9.97 Å². The minimum atomic E-state index is 0.682. The molecule has 0 unspecified atom stereocenters. The van der Waals surface area contributed by atoms with Crippen LogP contribution in [0, 0.1) is 20.8 Å². The Labute approximate surface area is 126 Å². The van der Waals surface area contributed by atoms with Crippen molar-refractivity contribution in [2.24, 2.45) is 0 Å². The molecule has 2 aromatic heterocycles. The monoisotopic (exact) mass is 303 g/mol. The van der Waals surface area contributed by atoms with Crippen LogP contribution in [0.25, 0.3) is 10.2 Å². The van der Waals surface area contributed by atoms with Gasteiger partial charge in [0.05, 0.1) is 16.1 Å². The molecule has 0 amide bonds. The van der Waals surface area contributed by atoms with E-state index in [9.17, 15) is 0 Å². The average Bonchev–Trinajstić information content (AvgIpc) is 2.67. The predicted octanol–water partition coefficient (Wildman–Crippen LogP) is 5.01. The molecule has 0 aliphatic carbocycles. The van der Waals surface area contributed by atoms with Crippen LogP contribution in [0.2, 0.25) is 5.02 Å². The fraction of sp³-hybridized carbons (Fsp3) is 0.200. The van der Waals surface area contributed by atoms with Crippen LogP contribution in [-0.2, 0) is 0 Å². The normalized spacial score (nSPS) is 11.0. The number of fused-ring (bicyclic) bond motifs is 1. The number of thiophene rings is 1. The number of anilines is 2. The Bertz CT molecular complexity index is 795. The zero-order chi connectivity index (χ0) is 14.3. The predicted molar refractivity (Wildman–Crippen MR) is 86.4 cm³/mol. The molecular weight excluding hydrogens is 290 g/mol. The van der Waals surface area contributed by atoms with Gasteiger partial charge in [-0.3, -0.25) is 0 Å². The number of para-hydroxylation sites is 1. The van der Waals surface area contributed by atoms with Crippen molar-refractivity contribution in [2.75, 3.05) is 5.32 Å². The molecule has 3 rings (SSSR count). The van der Waals surface area contributed by atoms with Gasteiger partial charge in [-0.2, -0.15) is 0 Å². The van der Waals surface area contributed by atoms with Crippen LogP contribution in [0.1, 0.15) is 16.3 Å². The number of hydrogen-bond acceptors (Lipinski definition) is 4. The van der Waals surface area contributed by atoms with E-state index in [1.165, 1.54) is 10.4 Å². The molecule has 3 nitrogen and oxygen atoms in total. The lowest BCUT2D eigenvalue weighted by atomic mass is 10.2. The first-order chi connectivity index (χ1) is 9.56. The molecule has 2 heterocycles. The third-order valence-electron chi connectivity index (χ3n) is 3.27. The highest BCUT2D eigenvalue weighted by Gasteiger charge is 2.14. The number of aromatic nitrogens is 2. The van der Waals surface area contributed by atoms with E-state index in [0.29, 0.717) is 5.02 Å². The van der Waals surface area contributed by atoms with Crippen molar-refractivity contribution < 1.29 is 0 Å². The summed E-state index contributed by atoms with van der Waals surface area (Å²) in [5, 5.41) is 5.10. The molecule has 5 heteroatoms. The number of hydrogen-bond donors (Lipinski definition) is 1. The Morgan fingerprint density at radius 2 is 1.85 bits per heavy atom. The van der Waals surface area contributed by atoms with E-state index >= 15 is 0 Å². The Morgan fingerprint density at radius 1 is 1.10 bits per heavy atom. The summed E-state index contributed by atoms with van der Waals surface area (Å²) < 4.78 is 0. The average molecular weight is 304 g/mol. The topological polar surface area (TPSA) is 37.8 Å². The molecular formula is C15H14ClN3S. The molecule has 0 aliphatic heterocycles. The highest BCUT2D eigenvalue weighted by atomic mass is 35.5. The SMILES string of the molecule is Cc1nc(Nc2ccccc2Cl)c2c(C)c(C)sc2n1. The molecule has 0 bridgehead atoms. The van der Waals surface area contributed by atoms with Gasteiger partial charge in [-0.15, -0.1) is 11.3 Å². The van der Waals surface area contributed by atoms with E-state index < -0.39 is 0 Å². The maximum atomic E-state index is 6.21. The Kier molecular flexibility index (Phi) is 3.36. The fourth-order valence-electron chi connectivity index (χ4n) is 2.14. The lowest BCUT2D eigenvalue weighted by Gasteiger charge is -2.09. The molecule has 1 N–H and O–H groups in total. The highest BCUT2D eigenvalue weighted by molar-refractivity contribution is 7.18. The molecule has 0 fully saturated rings. The van der Waals surface area contributed by atoms with Crippen LogP contribution < -0.4 is 5.32 Å². The van der Waals surface area contributed by atoms with Gasteiger partial charge in [0.25, 0.3) is 0 Å². The zero-order valence-corrected chi connectivity index (χ0v) is 13.1. The summed E-state index contributed by atoms with van der Waals surface area (Å²) in [5.41, 5.74) is 2.08. The largest absolute Gasteiger partial charge is 0.338 e. The van der Waals surface area contributed by atoms with Crippen LogP contribution in [0.5, 0.6) is 0 Å². The molecule has 0 saturated carbocycles. The molecule has 102 valence electrons. The lowest BCUT2D eigenvalue weighted by molar-refractivity contribution is 1.10. The first-order valence-electron chi connectivity index (χ1n) is 6.32. The third-order valence-corrected chi connectivity index (χ3v) is 4.70. The Balaban J connectivity index is 2.18. The van der Waals surface area contributed by atoms with E-state index in [1.807, 2.05) is 31.2 Å². The zero-order valence-electron chi connectivity index (χ0n) is 11.5. The van der Waals surface area contributed by atoms with E-state index in [2.05, 4.69) is 29.1 Å². The van der Waals surface area contributed by atoms with Gasteiger partial charge in [0.2, 0.25) is 0 Å². The quantitative estimate of drug-likeness (QED) is 0.723. The van der Waals surface area contributed by atoms with Crippen molar-refractivity contribution in [2.45, 2.75) is 20.8 Å². The number of rotatable bonds is 2. The lowest BCUT2D eigenvalue weighted by Crippen LogP contribution is -1.98. The van der Waals surface area contributed by atoms with Crippen LogP contribution in [0.4, 0.5) is 11.5 Å². The maximum Gasteiger partial charge on any atom is 0.143 e. The second-order valence-corrected chi connectivity index (χ2v) is 6.30.